The molecule has 2 aromatic carbocycles. The molecule has 1 heterocycles. The molecule has 0 atom stereocenters. The van der Waals surface area contributed by atoms with E-state index < -0.39 is 21.7 Å². The summed E-state index contributed by atoms with van der Waals surface area (Å²) in [7, 11) is -2.30. The van der Waals surface area contributed by atoms with Gasteiger partial charge in [0.2, 0.25) is 10.0 Å². The number of furan rings is 1. The van der Waals surface area contributed by atoms with E-state index >= 15 is 0 Å². The number of amides is 1. The van der Waals surface area contributed by atoms with Crippen LogP contribution in [-0.4, -0.2) is 27.5 Å². The number of benzene rings is 2. The second-order valence-electron chi connectivity index (χ2n) is 6.86. The van der Waals surface area contributed by atoms with Crippen molar-refractivity contribution in [1.29, 1.82) is 0 Å². The van der Waals surface area contributed by atoms with Gasteiger partial charge in [-0.05, 0) is 55.3 Å². The first kappa shape index (κ1) is 20.1. The molecule has 0 unspecified atom stereocenters. The first-order valence-electron chi connectivity index (χ1n) is 9.24. The summed E-state index contributed by atoms with van der Waals surface area (Å²) in [5.74, 6) is -0.661. The van der Waals surface area contributed by atoms with Gasteiger partial charge in [-0.3, -0.25) is 4.79 Å². The molecule has 7 nitrogen and oxygen atoms in total. The van der Waals surface area contributed by atoms with Gasteiger partial charge in [-0.2, -0.15) is 0 Å². The smallest absolute Gasteiger partial charge is 0.291 e. The highest BCUT2D eigenvalue weighted by molar-refractivity contribution is 7.89. The van der Waals surface area contributed by atoms with Gasteiger partial charge in [-0.1, -0.05) is 12.1 Å². The van der Waals surface area contributed by atoms with Gasteiger partial charge in [0.1, 0.15) is 17.3 Å². The van der Waals surface area contributed by atoms with Crippen LogP contribution >= 0.6 is 0 Å². The van der Waals surface area contributed by atoms with E-state index in [-0.39, 0.29) is 39.5 Å². The second kappa shape index (κ2) is 7.92. The Morgan fingerprint density at radius 2 is 1.90 bits per heavy atom. The van der Waals surface area contributed by atoms with E-state index in [1.165, 1.54) is 43.5 Å². The van der Waals surface area contributed by atoms with Crippen molar-refractivity contribution in [3.63, 3.8) is 0 Å². The Kier molecular flexibility index (Phi) is 5.31. The zero-order chi connectivity index (χ0) is 21.3. The Balaban J connectivity index is 1.58. The maximum absolute atomic E-state index is 13.9. The van der Waals surface area contributed by atoms with Crippen molar-refractivity contribution in [2.75, 3.05) is 12.4 Å². The lowest BCUT2D eigenvalue weighted by atomic mass is 10.1. The molecule has 1 amide bonds. The Hall–Kier alpha value is -3.17. The normalized spacial score (nSPS) is 13.8. The lowest BCUT2D eigenvalue weighted by molar-refractivity contribution is 0.0997. The molecule has 156 valence electrons. The second-order valence-corrected chi connectivity index (χ2v) is 8.57. The van der Waals surface area contributed by atoms with Crippen LogP contribution in [0.2, 0.25) is 0 Å². The molecule has 0 aliphatic heterocycles. The highest BCUT2D eigenvalue weighted by Gasteiger charge is 2.28. The number of ether oxygens (including phenoxy) is 1. The summed E-state index contributed by atoms with van der Waals surface area (Å²) in [6.07, 6.45) is 1.61. The lowest BCUT2D eigenvalue weighted by Crippen LogP contribution is -2.25. The predicted octanol–water partition coefficient (Wildman–Crippen LogP) is 3.79. The number of anilines is 1. The Labute approximate surface area is 172 Å². The molecule has 0 saturated heterocycles. The molecule has 1 fully saturated rings. The molecule has 0 radical (unpaired) electrons. The van der Waals surface area contributed by atoms with Gasteiger partial charge in [0.25, 0.3) is 5.91 Å². The van der Waals surface area contributed by atoms with Crippen molar-refractivity contribution in [3.8, 4) is 17.1 Å². The van der Waals surface area contributed by atoms with Gasteiger partial charge in [0, 0.05) is 6.04 Å². The van der Waals surface area contributed by atoms with Crippen molar-refractivity contribution < 1.29 is 26.8 Å². The number of carbonyl (C=O) groups is 1. The van der Waals surface area contributed by atoms with Crippen molar-refractivity contribution in [2.24, 2.45) is 0 Å². The van der Waals surface area contributed by atoms with Gasteiger partial charge >= 0.3 is 0 Å². The minimum absolute atomic E-state index is 0.0111. The van der Waals surface area contributed by atoms with Crippen LogP contribution in [0.25, 0.3) is 11.3 Å². The topological polar surface area (TPSA) is 97.6 Å². The number of rotatable bonds is 7. The summed E-state index contributed by atoms with van der Waals surface area (Å²) in [6, 6.07) is 13.1. The van der Waals surface area contributed by atoms with Crippen molar-refractivity contribution >= 4 is 21.6 Å². The third kappa shape index (κ3) is 4.22. The first-order valence-corrected chi connectivity index (χ1v) is 10.7. The van der Waals surface area contributed by atoms with E-state index in [0.29, 0.717) is 0 Å². The molecule has 2 N–H and O–H groups in total. The fourth-order valence-corrected chi connectivity index (χ4v) is 4.22. The van der Waals surface area contributed by atoms with E-state index in [0.717, 1.165) is 12.8 Å². The van der Waals surface area contributed by atoms with Crippen LogP contribution in [-0.2, 0) is 10.0 Å². The lowest BCUT2D eigenvalue weighted by Gasteiger charge is -2.12. The molecule has 4 rings (SSSR count). The number of nitrogens with one attached hydrogen (secondary N) is 2. The summed E-state index contributed by atoms with van der Waals surface area (Å²) in [4.78, 5) is 12.7. The molecule has 30 heavy (non-hydrogen) atoms. The quantitative estimate of drug-likeness (QED) is 0.594. The Bertz CT molecular complexity index is 1200. The van der Waals surface area contributed by atoms with Gasteiger partial charge in [-0.15, -0.1) is 0 Å². The van der Waals surface area contributed by atoms with E-state index in [9.17, 15) is 17.6 Å². The monoisotopic (exact) mass is 430 g/mol. The number of sulfonamides is 1. The largest absolute Gasteiger partial charge is 0.495 e. The van der Waals surface area contributed by atoms with Crippen LogP contribution in [0, 0.1) is 5.82 Å². The van der Waals surface area contributed by atoms with Crippen molar-refractivity contribution in [3.05, 3.63) is 66.2 Å². The van der Waals surface area contributed by atoms with Gasteiger partial charge in [-0.25, -0.2) is 17.5 Å². The van der Waals surface area contributed by atoms with Crippen LogP contribution in [0.15, 0.2) is 63.9 Å². The van der Waals surface area contributed by atoms with Crippen LogP contribution in [0.3, 0.4) is 0 Å². The molecule has 9 heteroatoms. The average molecular weight is 430 g/mol. The Morgan fingerprint density at radius 1 is 1.13 bits per heavy atom. The van der Waals surface area contributed by atoms with Crippen molar-refractivity contribution in [1.82, 2.24) is 4.72 Å². The summed E-state index contributed by atoms with van der Waals surface area (Å²) in [5, 5.41) is 2.59. The summed E-state index contributed by atoms with van der Waals surface area (Å²) in [5.41, 5.74) is 0.401. The zero-order valence-corrected chi connectivity index (χ0v) is 16.8. The Morgan fingerprint density at radius 3 is 2.60 bits per heavy atom. The molecule has 1 aromatic heterocycles. The fraction of sp³-hybridized carbons (Fsp3) is 0.190. The summed E-state index contributed by atoms with van der Waals surface area (Å²) < 4.78 is 52.2. The number of methoxy groups -OCH3 is 1. The van der Waals surface area contributed by atoms with Crippen LogP contribution in [0.1, 0.15) is 23.4 Å². The van der Waals surface area contributed by atoms with E-state index in [1.54, 1.807) is 18.2 Å². The van der Waals surface area contributed by atoms with Gasteiger partial charge < -0.3 is 14.5 Å². The molecule has 1 aliphatic carbocycles. The van der Waals surface area contributed by atoms with Crippen LogP contribution < -0.4 is 14.8 Å². The molecule has 0 bridgehead atoms. The number of halogens is 1. The summed E-state index contributed by atoms with van der Waals surface area (Å²) >= 11 is 0. The van der Waals surface area contributed by atoms with E-state index in [2.05, 4.69) is 10.0 Å². The third-order valence-corrected chi connectivity index (χ3v) is 6.12. The molecule has 0 spiro atoms. The van der Waals surface area contributed by atoms with Crippen LogP contribution in [0.5, 0.6) is 5.75 Å². The van der Waals surface area contributed by atoms with E-state index in [1.807, 2.05) is 0 Å². The van der Waals surface area contributed by atoms with Gasteiger partial charge in [0.05, 0.1) is 23.3 Å². The molecule has 1 saturated carbocycles. The van der Waals surface area contributed by atoms with Crippen molar-refractivity contribution in [2.45, 2.75) is 23.8 Å². The van der Waals surface area contributed by atoms with Crippen LogP contribution in [0.4, 0.5) is 10.1 Å². The number of carbonyl (C=O) groups excluding carboxylic acids is 1. The maximum atomic E-state index is 13.9. The van der Waals surface area contributed by atoms with Gasteiger partial charge in [0.15, 0.2) is 5.76 Å². The molecular formula is C21H19FN2O5S. The molecule has 1 aliphatic rings. The molecular weight excluding hydrogens is 411 g/mol. The minimum Gasteiger partial charge on any atom is -0.495 e. The van der Waals surface area contributed by atoms with E-state index in [4.69, 9.17) is 9.15 Å². The predicted molar refractivity (Wildman–Crippen MR) is 108 cm³/mol. The summed E-state index contributed by atoms with van der Waals surface area (Å²) in [6.45, 7) is 0. The standard InChI is InChI=1S/C21H19FN2O5S/c1-28-19-9-8-14(30(26,27)24-13-6-7-13)12-17(19)23-21(25)20-11-10-18(29-20)15-4-2-3-5-16(15)22/h2-5,8-13,24H,6-7H2,1H3,(H,23,25). The minimum atomic E-state index is -3.70. The number of hydrogen-bond donors (Lipinski definition) is 2. The number of hydrogen-bond acceptors (Lipinski definition) is 5. The maximum Gasteiger partial charge on any atom is 0.291 e. The molecule has 3 aromatic rings. The average Bonchev–Trinajstić information content (AvgIpc) is 3.38. The fourth-order valence-electron chi connectivity index (χ4n) is 2.89. The zero-order valence-electron chi connectivity index (χ0n) is 16.0. The first-order chi connectivity index (χ1) is 14.4. The highest BCUT2D eigenvalue weighted by atomic mass is 32.2. The highest BCUT2D eigenvalue weighted by Crippen LogP contribution is 2.30. The SMILES string of the molecule is COc1ccc(S(=O)(=O)NC2CC2)cc1NC(=O)c1ccc(-c2ccccc2F)o1. The third-order valence-electron chi connectivity index (χ3n) is 4.60.